The van der Waals surface area contributed by atoms with Crippen LogP contribution in [0, 0.1) is 11.8 Å². The van der Waals surface area contributed by atoms with Crippen LogP contribution in [0.5, 0.6) is 0 Å². The van der Waals surface area contributed by atoms with Crippen LogP contribution in [0.3, 0.4) is 0 Å². The fraction of sp³-hybridized carbons (Fsp3) is 0.560. The molecule has 3 aliphatic rings. The number of amides is 1. The van der Waals surface area contributed by atoms with Gasteiger partial charge in [-0.2, -0.15) is 0 Å². The van der Waals surface area contributed by atoms with Crippen molar-refractivity contribution in [2.24, 2.45) is 11.8 Å². The molecule has 2 fully saturated rings. The van der Waals surface area contributed by atoms with Gasteiger partial charge in [0.25, 0.3) is 5.91 Å². The molecule has 2 heterocycles. The minimum Gasteiger partial charge on any atom is -0.464 e. The molecule has 1 amide bonds. The Morgan fingerprint density at radius 2 is 2.06 bits per heavy atom. The van der Waals surface area contributed by atoms with Gasteiger partial charge in [0.1, 0.15) is 5.58 Å². The van der Waals surface area contributed by atoms with Crippen molar-refractivity contribution in [3.8, 4) is 0 Å². The predicted octanol–water partition coefficient (Wildman–Crippen LogP) is 4.24. The molecule has 2 aromatic rings. The summed E-state index contributed by atoms with van der Waals surface area (Å²) in [5.74, 6) is 1.55. The van der Waals surface area contributed by atoms with E-state index in [4.69, 9.17) is 19.0 Å². The largest absolute Gasteiger partial charge is 0.464 e. The number of unbranched alkanes of at least 4 members (excludes halogenated alkanes) is 1. The molecule has 31 heavy (non-hydrogen) atoms. The van der Waals surface area contributed by atoms with E-state index >= 15 is 0 Å². The Hall–Kier alpha value is -2.31. The second-order valence-electron chi connectivity index (χ2n) is 9.16. The van der Waals surface area contributed by atoms with Gasteiger partial charge in [-0.05, 0) is 56.1 Å². The fourth-order valence-corrected chi connectivity index (χ4v) is 5.51. The lowest BCUT2D eigenvalue weighted by molar-refractivity contribution is -0.147. The summed E-state index contributed by atoms with van der Waals surface area (Å²) in [6.07, 6.45) is 10.1. The molecule has 5 atom stereocenters. The molecule has 2 bridgehead atoms. The van der Waals surface area contributed by atoms with Crippen molar-refractivity contribution < 1.29 is 23.8 Å². The van der Waals surface area contributed by atoms with Crippen molar-refractivity contribution in [1.82, 2.24) is 5.32 Å². The summed E-state index contributed by atoms with van der Waals surface area (Å²) in [5, 5.41) is 13.3. The standard InChI is InChI=1S/C25H31NO5/c27-9-3-4-10-29-24-14-18(20-15-30-22-6-2-1-5-19(20)22)13-23(31-24)25(28)26-21-12-16-7-8-17(21)11-16/h1-2,5-6,13,15-18,21,24,27H,3-4,7-12,14H2,(H,26,28)/t16?,17?,18-,21?,24+/m1/s1. The predicted molar refractivity (Wildman–Crippen MR) is 116 cm³/mol. The summed E-state index contributed by atoms with van der Waals surface area (Å²) in [6.45, 7) is 0.640. The van der Waals surface area contributed by atoms with E-state index in [1.165, 1.54) is 19.3 Å². The summed E-state index contributed by atoms with van der Waals surface area (Å²) in [4.78, 5) is 13.1. The maximum Gasteiger partial charge on any atom is 0.286 e. The molecule has 6 heteroatoms. The van der Waals surface area contributed by atoms with Crippen molar-refractivity contribution in [3.63, 3.8) is 0 Å². The lowest BCUT2D eigenvalue weighted by Crippen LogP contribution is -2.41. The van der Waals surface area contributed by atoms with Gasteiger partial charge in [0, 0.05) is 35.9 Å². The van der Waals surface area contributed by atoms with Crippen LogP contribution in [0.25, 0.3) is 11.0 Å². The Morgan fingerprint density at radius 3 is 2.87 bits per heavy atom. The highest BCUT2D eigenvalue weighted by atomic mass is 16.7. The molecule has 1 aromatic carbocycles. The minimum atomic E-state index is -0.497. The van der Waals surface area contributed by atoms with Crippen molar-refractivity contribution in [2.75, 3.05) is 13.2 Å². The Bertz CT molecular complexity index is 950. The molecule has 0 spiro atoms. The number of hydrogen-bond donors (Lipinski definition) is 2. The smallest absolute Gasteiger partial charge is 0.286 e. The summed E-state index contributed by atoms with van der Waals surface area (Å²) in [6, 6.07) is 8.21. The number of allylic oxidation sites excluding steroid dienone is 1. The number of hydrogen-bond acceptors (Lipinski definition) is 5. The average Bonchev–Trinajstić information content (AvgIpc) is 3.52. The lowest BCUT2D eigenvalue weighted by Gasteiger charge is -2.30. The topological polar surface area (TPSA) is 80.9 Å². The van der Waals surface area contributed by atoms with Crippen LogP contribution < -0.4 is 5.32 Å². The van der Waals surface area contributed by atoms with Gasteiger partial charge in [0.15, 0.2) is 5.76 Å². The first kappa shape index (κ1) is 20.6. The van der Waals surface area contributed by atoms with Gasteiger partial charge in [-0.3, -0.25) is 4.79 Å². The van der Waals surface area contributed by atoms with Crippen LogP contribution in [-0.2, 0) is 14.3 Å². The number of ether oxygens (including phenoxy) is 2. The molecule has 1 aliphatic heterocycles. The molecule has 1 aromatic heterocycles. The molecule has 2 saturated carbocycles. The van der Waals surface area contributed by atoms with Crippen molar-refractivity contribution in [3.05, 3.63) is 47.9 Å². The van der Waals surface area contributed by atoms with Gasteiger partial charge in [-0.1, -0.05) is 24.6 Å². The zero-order chi connectivity index (χ0) is 21.2. The van der Waals surface area contributed by atoms with Gasteiger partial charge >= 0.3 is 0 Å². The molecule has 0 saturated heterocycles. The highest BCUT2D eigenvalue weighted by Crippen LogP contribution is 2.44. The van der Waals surface area contributed by atoms with Crippen LogP contribution >= 0.6 is 0 Å². The molecule has 166 valence electrons. The third-order valence-corrected chi connectivity index (χ3v) is 7.10. The third-order valence-electron chi connectivity index (χ3n) is 7.10. The van der Waals surface area contributed by atoms with Gasteiger partial charge in [0.2, 0.25) is 6.29 Å². The summed E-state index contributed by atoms with van der Waals surface area (Å²) in [7, 11) is 0. The van der Waals surface area contributed by atoms with Crippen molar-refractivity contribution in [2.45, 2.75) is 63.2 Å². The molecular weight excluding hydrogens is 394 g/mol. The quantitative estimate of drug-likeness (QED) is 0.619. The van der Waals surface area contributed by atoms with Crippen LogP contribution in [0.2, 0.25) is 0 Å². The molecule has 6 nitrogen and oxygen atoms in total. The normalized spacial score (nSPS) is 29.7. The fourth-order valence-electron chi connectivity index (χ4n) is 5.51. The first-order valence-corrected chi connectivity index (χ1v) is 11.6. The van der Waals surface area contributed by atoms with Gasteiger partial charge in [-0.15, -0.1) is 0 Å². The second-order valence-corrected chi connectivity index (χ2v) is 9.16. The van der Waals surface area contributed by atoms with E-state index in [0.29, 0.717) is 31.1 Å². The second kappa shape index (κ2) is 9.05. The van der Waals surface area contributed by atoms with Crippen LogP contribution in [-0.4, -0.2) is 36.6 Å². The SMILES string of the molecule is O=C(NC1CC2CCC1C2)C1=C[C@@H](c2coc3ccccc23)C[C@@H](OCCCCO)O1. The number of benzene rings is 1. The van der Waals surface area contributed by atoms with Crippen LogP contribution in [0.15, 0.2) is 46.8 Å². The van der Waals surface area contributed by atoms with E-state index in [2.05, 4.69) is 5.32 Å². The minimum absolute atomic E-state index is 0.0268. The number of carbonyl (C=O) groups is 1. The molecular formula is C25H31NO5. The van der Waals surface area contributed by atoms with E-state index in [1.807, 2.05) is 30.3 Å². The van der Waals surface area contributed by atoms with Crippen molar-refractivity contribution >= 4 is 16.9 Å². The monoisotopic (exact) mass is 425 g/mol. The number of para-hydroxylation sites is 1. The number of fused-ring (bicyclic) bond motifs is 3. The summed E-state index contributed by atoms with van der Waals surface area (Å²) in [5.41, 5.74) is 1.89. The molecule has 2 aliphatic carbocycles. The zero-order valence-electron chi connectivity index (χ0n) is 17.8. The number of aliphatic hydroxyl groups is 1. The maximum absolute atomic E-state index is 13.1. The first-order valence-electron chi connectivity index (χ1n) is 11.6. The number of rotatable bonds is 8. The van der Waals surface area contributed by atoms with E-state index < -0.39 is 6.29 Å². The van der Waals surface area contributed by atoms with Crippen LogP contribution in [0.1, 0.15) is 56.4 Å². The lowest BCUT2D eigenvalue weighted by atomic mass is 9.92. The highest BCUT2D eigenvalue weighted by Gasteiger charge is 2.41. The number of nitrogens with one attached hydrogen (secondary N) is 1. The number of aliphatic hydroxyl groups excluding tert-OH is 1. The van der Waals surface area contributed by atoms with E-state index in [-0.39, 0.29) is 24.5 Å². The molecule has 3 unspecified atom stereocenters. The summed E-state index contributed by atoms with van der Waals surface area (Å²) < 4.78 is 17.7. The van der Waals surface area contributed by atoms with Gasteiger partial charge in [0.05, 0.1) is 12.9 Å². The van der Waals surface area contributed by atoms with Crippen molar-refractivity contribution in [1.29, 1.82) is 0 Å². The molecule has 0 radical (unpaired) electrons. The average molecular weight is 426 g/mol. The Labute approximate surface area is 182 Å². The first-order chi connectivity index (χ1) is 15.2. The maximum atomic E-state index is 13.1. The van der Waals surface area contributed by atoms with Gasteiger partial charge in [-0.25, -0.2) is 0 Å². The van der Waals surface area contributed by atoms with E-state index in [9.17, 15) is 4.79 Å². The van der Waals surface area contributed by atoms with Crippen LogP contribution in [0.4, 0.5) is 0 Å². The van der Waals surface area contributed by atoms with E-state index in [1.54, 1.807) is 6.26 Å². The number of carbonyl (C=O) groups excluding carboxylic acids is 1. The molecule has 5 rings (SSSR count). The van der Waals surface area contributed by atoms with Gasteiger partial charge < -0.3 is 24.3 Å². The number of furan rings is 1. The summed E-state index contributed by atoms with van der Waals surface area (Å²) >= 11 is 0. The third kappa shape index (κ3) is 4.37. The zero-order valence-corrected chi connectivity index (χ0v) is 17.8. The Balaban J connectivity index is 1.34. The molecule has 2 N–H and O–H groups in total. The highest BCUT2D eigenvalue weighted by molar-refractivity contribution is 5.92. The Morgan fingerprint density at radius 1 is 1.16 bits per heavy atom. The van der Waals surface area contributed by atoms with E-state index in [0.717, 1.165) is 35.3 Å². The Kier molecular flexibility index (Phi) is 6.01.